The Labute approximate surface area is 302 Å². The zero-order chi connectivity index (χ0) is 34.2. The molecule has 11 rings (SSSR count). The first-order valence-corrected chi connectivity index (χ1v) is 18.2. The van der Waals surface area contributed by atoms with Crippen LogP contribution in [0.3, 0.4) is 0 Å². The number of aromatic nitrogens is 3. The second-order valence-electron chi connectivity index (χ2n) is 13.1. The molecule has 3 aromatic heterocycles. The lowest BCUT2D eigenvalue weighted by molar-refractivity contribution is 0.669. The van der Waals surface area contributed by atoms with E-state index in [-0.39, 0.29) is 0 Å². The monoisotopic (exact) mass is 681 g/mol. The number of hydrogen-bond acceptors (Lipinski definition) is 5. The lowest BCUT2D eigenvalue weighted by Gasteiger charge is -2.13. The van der Waals surface area contributed by atoms with E-state index in [4.69, 9.17) is 19.4 Å². The van der Waals surface area contributed by atoms with Crippen LogP contribution in [0.15, 0.2) is 168 Å². The van der Waals surface area contributed by atoms with Crippen LogP contribution in [0.1, 0.15) is 0 Å². The van der Waals surface area contributed by atoms with Gasteiger partial charge in [0, 0.05) is 53.0 Å². The molecule has 0 amide bonds. The van der Waals surface area contributed by atoms with Crippen molar-refractivity contribution in [2.24, 2.45) is 0 Å². The number of hydrogen-bond donors (Lipinski definition) is 0. The average Bonchev–Trinajstić information content (AvgIpc) is 3.80. The summed E-state index contributed by atoms with van der Waals surface area (Å²) in [7, 11) is 0. The first kappa shape index (κ1) is 29.1. The zero-order valence-electron chi connectivity index (χ0n) is 27.7. The molecular weight excluding hydrogens is 655 g/mol. The minimum absolute atomic E-state index is 0.610. The highest BCUT2D eigenvalue weighted by atomic mass is 32.1. The number of para-hydroxylation sites is 1. The van der Waals surface area contributed by atoms with Gasteiger partial charge in [-0.05, 0) is 45.5 Å². The van der Waals surface area contributed by atoms with Gasteiger partial charge in [-0.1, -0.05) is 146 Å². The quantitative estimate of drug-likeness (QED) is 0.174. The fourth-order valence-electron chi connectivity index (χ4n) is 7.77. The SMILES string of the molecule is c1ccc(-c2nc(-c3cc4ccc5c6cccc(-c7ccccc7)c6sc5c4c4ccccc34)nc(-c3cccc4oc5ccccc5c34)n2)cc1. The van der Waals surface area contributed by atoms with E-state index in [1.54, 1.807) is 0 Å². The van der Waals surface area contributed by atoms with Crippen LogP contribution in [0.2, 0.25) is 0 Å². The molecule has 0 radical (unpaired) electrons. The predicted octanol–water partition coefficient (Wildman–Crippen LogP) is 13.1. The van der Waals surface area contributed by atoms with Crippen LogP contribution in [0, 0.1) is 0 Å². The van der Waals surface area contributed by atoms with Crippen LogP contribution in [-0.2, 0) is 0 Å². The third-order valence-corrected chi connectivity index (χ3v) is 11.4. The van der Waals surface area contributed by atoms with E-state index in [1.807, 2.05) is 59.9 Å². The van der Waals surface area contributed by atoms with Crippen LogP contribution in [-0.4, -0.2) is 15.0 Å². The summed E-state index contributed by atoms with van der Waals surface area (Å²) in [6.07, 6.45) is 0. The number of benzene rings is 8. The minimum Gasteiger partial charge on any atom is -0.456 e. The maximum Gasteiger partial charge on any atom is 0.164 e. The van der Waals surface area contributed by atoms with Gasteiger partial charge >= 0.3 is 0 Å². The van der Waals surface area contributed by atoms with Crippen molar-refractivity contribution in [3.63, 3.8) is 0 Å². The fraction of sp³-hybridized carbons (Fsp3) is 0. The van der Waals surface area contributed by atoms with Crippen LogP contribution in [0.25, 0.3) is 109 Å². The molecule has 52 heavy (non-hydrogen) atoms. The Balaban J connectivity index is 1.19. The molecule has 242 valence electrons. The molecule has 0 aliphatic heterocycles. The molecular formula is C47H27N3OS. The minimum atomic E-state index is 0.610. The summed E-state index contributed by atoms with van der Waals surface area (Å²) in [6, 6.07) is 57.2. The van der Waals surface area contributed by atoms with Gasteiger partial charge < -0.3 is 4.42 Å². The van der Waals surface area contributed by atoms with E-state index >= 15 is 0 Å². The topological polar surface area (TPSA) is 51.8 Å². The molecule has 0 N–H and O–H groups in total. The molecule has 0 bridgehead atoms. The molecule has 0 unspecified atom stereocenters. The van der Waals surface area contributed by atoms with Crippen LogP contribution >= 0.6 is 11.3 Å². The highest BCUT2D eigenvalue weighted by Crippen LogP contribution is 2.46. The summed E-state index contributed by atoms with van der Waals surface area (Å²) in [5, 5.41) is 9.29. The summed E-state index contributed by atoms with van der Waals surface area (Å²) in [4.78, 5) is 15.6. The fourth-order valence-corrected chi connectivity index (χ4v) is 9.17. The van der Waals surface area contributed by atoms with Crippen molar-refractivity contribution < 1.29 is 4.42 Å². The first-order chi connectivity index (χ1) is 25.8. The van der Waals surface area contributed by atoms with Gasteiger partial charge in [0.05, 0.1) is 0 Å². The summed E-state index contributed by atoms with van der Waals surface area (Å²) < 4.78 is 8.87. The molecule has 11 aromatic rings. The Morgan fingerprint density at radius 1 is 0.365 bits per heavy atom. The van der Waals surface area contributed by atoms with E-state index in [1.165, 1.54) is 42.1 Å². The highest BCUT2D eigenvalue weighted by Gasteiger charge is 2.21. The van der Waals surface area contributed by atoms with Crippen molar-refractivity contribution in [3.8, 4) is 45.3 Å². The third-order valence-electron chi connectivity index (χ3n) is 10.1. The number of furan rings is 1. The van der Waals surface area contributed by atoms with Gasteiger partial charge in [0.15, 0.2) is 17.5 Å². The van der Waals surface area contributed by atoms with Crippen molar-refractivity contribution in [2.45, 2.75) is 0 Å². The first-order valence-electron chi connectivity index (χ1n) is 17.4. The van der Waals surface area contributed by atoms with Crippen molar-refractivity contribution in [1.82, 2.24) is 15.0 Å². The van der Waals surface area contributed by atoms with Gasteiger partial charge in [0.25, 0.3) is 0 Å². The summed E-state index contributed by atoms with van der Waals surface area (Å²) >= 11 is 1.88. The molecule has 0 aliphatic carbocycles. The molecule has 0 fully saturated rings. The molecule has 8 aromatic carbocycles. The van der Waals surface area contributed by atoms with Crippen LogP contribution in [0.5, 0.6) is 0 Å². The Morgan fingerprint density at radius 3 is 1.79 bits per heavy atom. The maximum atomic E-state index is 6.27. The maximum absolute atomic E-state index is 6.27. The van der Waals surface area contributed by atoms with Gasteiger partial charge in [0.1, 0.15) is 11.2 Å². The number of fused-ring (bicyclic) bond motifs is 10. The van der Waals surface area contributed by atoms with E-state index in [9.17, 15) is 0 Å². The largest absolute Gasteiger partial charge is 0.456 e. The Bertz CT molecular complexity index is 3180. The summed E-state index contributed by atoms with van der Waals surface area (Å²) in [5.41, 5.74) is 6.96. The van der Waals surface area contributed by atoms with Crippen molar-refractivity contribution in [3.05, 3.63) is 164 Å². The molecule has 0 spiro atoms. The lowest BCUT2D eigenvalue weighted by Crippen LogP contribution is -2.01. The molecule has 5 heteroatoms. The molecule has 0 saturated heterocycles. The Kier molecular flexibility index (Phi) is 6.39. The van der Waals surface area contributed by atoms with E-state index < -0.39 is 0 Å². The number of nitrogens with zero attached hydrogens (tertiary/aromatic N) is 3. The lowest BCUT2D eigenvalue weighted by atomic mass is 9.95. The molecule has 3 heterocycles. The summed E-state index contributed by atoms with van der Waals surface area (Å²) in [6.45, 7) is 0. The third kappa shape index (κ3) is 4.43. The Morgan fingerprint density at radius 2 is 0.962 bits per heavy atom. The van der Waals surface area contributed by atoms with Crippen LogP contribution < -0.4 is 0 Å². The van der Waals surface area contributed by atoms with Gasteiger partial charge in [0.2, 0.25) is 0 Å². The zero-order valence-corrected chi connectivity index (χ0v) is 28.6. The predicted molar refractivity (Wildman–Crippen MR) is 217 cm³/mol. The molecule has 0 atom stereocenters. The smallest absolute Gasteiger partial charge is 0.164 e. The van der Waals surface area contributed by atoms with Gasteiger partial charge in [-0.3, -0.25) is 0 Å². The van der Waals surface area contributed by atoms with Gasteiger partial charge in [-0.25, -0.2) is 15.0 Å². The standard InChI is InChI=1S/C47H27N3OS/c1-3-13-28(14-4-1)31-20-11-21-34-35-26-25-30-27-38(32-17-7-8-18-33(32)41(30)44(35)52-43(31)34)47-49-45(29-15-5-2-6-16-29)48-46(50-47)37-22-12-24-40-42(37)36-19-9-10-23-39(36)51-40/h1-27H. The van der Waals surface area contributed by atoms with E-state index in [0.717, 1.165) is 49.4 Å². The van der Waals surface area contributed by atoms with E-state index in [2.05, 4.69) is 115 Å². The number of thiophene rings is 1. The average molecular weight is 682 g/mol. The molecule has 0 saturated carbocycles. The molecule has 4 nitrogen and oxygen atoms in total. The van der Waals surface area contributed by atoms with Crippen molar-refractivity contribution in [2.75, 3.05) is 0 Å². The van der Waals surface area contributed by atoms with Gasteiger partial charge in [-0.15, -0.1) is 11.3 Å². The number of rotatable bonds is 4. The molecule has 0 aliphatic rings. The van der Waals surface area contributed by atoms with Gasteiger partial charge in [-0.2, -0.15) is 0 Å². The van der Waals surface area contributed by atoms with E-state index in [0.29, 0.717) is 17.5 Å². The second kappa shape index (κ2) is 11.4. The Hall–Kier alpha value is -6.69. The van der Waals surface area contributed by atoms with Crippen LogP contribution in [0.4, 0.5) is 0 Å². The highest BCUT2D eigenvalue weighted by molar-refractivity contribution is 7.27. The normalized spacial score (nSPS) is 11.8. The van der Waals surface area contributed by atoms with Crippen molar-refractivity contribution in [1.29, 1.82) is 0 Å². The van der Waals surface area contributed by atoms with Crippen molar-refractivity contribution >= 4 is 75.0 Å². The summed E-state index contributed by atoms with van der Waals surface area (Å²) in [5.74, 6) is 1.87. The second-order valence-corrected chi connectivity index (χ2v) is 14.1.